The van der Waals surface area contributed by atoms with E-state index < -0.39 is 24.6 Å². The van der Waals surface area contributed by atoms with Crippen LogP contribution in [0.25, 0.3) is 0 Å². The Morgan fingerprint density at radius 1 is 1.10 bits per heavy atom. The molecule has 1 aliphatic rings. The lowest BCUT2D eigenvalue weighted by atomic mass is 10.0. The van der Waals surface area contributed by atoms with Gasteiger partial charge in [0.05, 0.1) is 24.4 Å². The van der Waals surface area contributed by atoms with Crippen molar-refractivity contribution in [3.05, 3.63) is 53.6 Å². The Balaban J connectivity index is 1.63. The van der Waals surface area contributed by atoms with Gasteiger partial charge in [0.1, 0.15) is 23.4 Å². The van der Waals surface area contributed by atoms with E-state index >= 15 is 0 Å². The van der Waals surface area contributed by atoms with E-state index in [4.69, 9.17) is 9.47 Å². The predicted molar refractivity (Wildman–Crippen MR) is 102 cm³/mol. The van der Waals surface area contributed by atoms with Gasteiger partial charge in [0.15, 0.2) is 5.78 Å². The summed E-state index contributed by atoms with van der Waals surface area (Å²) in [5, 5.41) is 48.6. The number of benzene rings is 2. The average molecular weight is 404 g/mol. The van der Waals surface area contributed by atoms with Gasteiger partial charge in [-0.25, -0.2) is 0 Å². The predicted octanol–water partition coefficient (Wildman–Crippen LogP) is 1.12. The Morgan fingerprint density at radius 2 is 1.83 bits per heavy atom. The largest absolute Gasteiger partial charge is 0.508 e. The lowest BCUT2D eigenvalue weighted by Gasteiger charge is -2.36. The molecule has 3 rings (SSSR count). The first-order valence-corrected chi connectivity index (χ1v) is 9.30. The molecule has 0 amide bonds. The van der Waals surface area contributed by atoms with Gasteiger partial charge in [0.2, 0.25) is 6.29 Å². The maximum absolute atomic E-state index is 12.4. The van der Waals surface area contributed by atoms with Gasteiger partial charge in [-0.05, 0) is 36.2 Å². The van der Waals surface area contributed by atoms with E-state index in [-0.39, 0.29) is 48.0 Å². The summed E-state index contributed by atoms with van der Waals surface area (Å²) >= 11 is 0. The molecular weight excluding hydrogens is 380 g/mol. The maximum Gasteiger partial charge on any atom is 0.229 e. The molecule has 29 heavy (non-hydrogen) atoms. The molecule has 0 radical (unpaired) electrons. The van der Waals surface area contributed by atoms with Crippen molar-refractivity contribution in [3.63, 3.8) is 0 Å². The average Bonchev–Trinajstić information content (AvgIpc) is 2.70. The summed E-state index contributed by atoms with van der Waals surface area (Å²) in [7, 11) is 0. The van der Waals surface area contributed by atoms with Gasteiger partial charge < -0.3 is 35.0 Å². The van der Waals surface area contributed by atoms with E-state index in [0.717, 1.165) is 5.56 Å². The van der Waals surface area contributed by atoms with Gasteiger partial charge >= 0.3 is 0 Å². The molecule has 8 heteroatoms. The molecule has 0 spiro atoms. The van der Waals surface area contributed by atoms with Crippen molar-refractivity contribution >= 4 is 5.78 Å². The van der Waals surface area contributed by atoms with E-state index in [2.05, 4.69) is 0 Å². The normalized spacial score (nSPS) is 24.2. The van der Waals surface area contributed by atoms with Gasteiger partial charge in [-0.2, -0.15) is 0 Å². The molecule has 0 bridgehead atoms. The number of phenols is 2. The van der Waals surface area contributed by atoms with Crippen molar-refractivity contribution in [1.29, 1.82) is 0 Å². The summed E-state index contributed by atoms with van der Waals surface area (Å²) in [6, 6.07) is 10.6. The summed E-state index contributed by atoms with van der Waals surface area (Å²) in [6.45, 7) is -0.330. The van der Waals surface area contributed by atoms with Crippen LogP contribution in [0.5, 0.6) is 17.2 Å². The van der Waals surface area contributed by atoms with Crippen LogP contribution in [0.1, 0.15) is 28.8 Å². The second-order valence-corrected chi connectivity index (χ2v) is 6.99. The van der Waals surface area contributed by atoms with Crippen LogP contribution in [0.3, 0.4) is 0 Å². The topological polar surface area (TPSA) is 137 Å². The second-order valence-electron chi connectivity index (χ2n) is 6.99. The van der Waals surface area contributed by atoms with E-state index in [9.17, 15) is 30.3 Å². The highest BCUT2D eigenvalue weighted by atomic mass is 16.7. The Kier molecular flexibility index (Phi) is 6.71. The standard InChI is InChI=1S/C21H24O8/c22-11-15-10-19(26)20(27)21(29-15)28-14-6-7-16(18(25)9-14)17(24)8-3-12-1-4-13(23)5-2-12/h1-2,4-7,9,15,19-23,25-27H,3,8,10-11H2/t15?,19?,20-,21+/m0/s1. The SMILES string of the molecule is O=C(CCc1ccc(O)cc1)c1ccc(O[C@@H]2OC(CO)CC(O)[C@@H]2O)cc1O. The number of phenolic OH excluding ortho intramolecular Hbond substituents is 2. The number of aryl methyl sites for hydroxylation is 1. The van der Waals surface area contributed by atoms with Gasteiger partial charge in [0.25, 0.3) is 0 Å². The van der Waals surface area contributed by atoms with Gasteiger partial charge in [0, 0.05) is 18.9 Å². The number of aliphatic hydroxyl groups is 3. The minimum Gasteiger partial charge on any atom is -0.508 e. The number of aliphatic hydroxyl groups excluding tert-OH is 3. The summed E-state index contributed by atoms with van der Waals surface area (Å²) < 4.78 is 10.9. The number of ether oxygens (including phenoxy) is 2. The number of rotatable bonds is 7. The van der Waals surface area contributed by atoms with Crippen molar-refractivity contribution in [1.82, 2.24) is 0 Å². The van der Waals surface area contributed by atoms with Crippen LogP contribution in [0, 0.1) is 0 Å². The fourth-order valence-corrected chi connectivity index (χ4v) is 3.14. The minimum absolute atomic E-state index is 0.0806. The van der Waals surface area contributed by atoms with Gasteiger partial charge in [-0.3, -0.25) is 4.79 Å². The van der Waals surface area contributed by atoms with E-state index in [0.29, 0.717) is 6.42 Å². The zero-order valence-corrected chi connectivity index (χ0v) is 15.6. The van der Waals surface area contributed by atoms with Crippen LogP contribution in [0.4, 0.5) is 0 Å². The van der Waals surface area contributed by atoms with Crippen molar-refractivity contribution in [2.45, 2.75) is 43.9 Å². The number of hydrogen-bond acceptors (Lipinski definition) is 8. The Hall–Kier alpha value is -2.65. The van der Waals surface area contributed by atoms with E-state index in [1.54, 1.807) is 24.3 Å². The van der Waals surface area contributed by atoms with Gasteiger partial charge in [-0.15, -0.1) is 0 Å². The third kappa shape index (κ3) is 5.24. The lowest BCUT2D eigenvalue weighted by Crippen LogP contribution is -2.51. The van der Waals surface area contributed by atoms with Crippen molar-refractivity contribution in [2.75, 3.05) is 6.61 Å². The maximum atomic E-state index is 12.4. The van der Waals surface area contributed by atoms with Gasteiger partial charge in [-0.1, -0.05) is 12.1 Å². The zero-order chi connectivity index (χ0) is 21.0. The van der Waals surface area contributed by atoms with Crippen LogP contribution < -0.4 is 4.74 Å². The smallest absolute Gasteiger partial charge is 0.229 e. The second kappa shape index (κ2) is 9.23. The molecule has 1 heterocycles. The van der Waals surface area contributed by atoms with E-state index in [1.807, 2.05) is 0 Å². The Morgan fingerprint density at radius 3 is 2.48 bits per heavy atom. The lowest BCUT2D eigenvalue weighted by molar-refractivity contribution is -0.240. The highest BCUT2D eigenvalue weighted by Gasteiger charge is 2.38. The summed E-state index contributed by atoms with van der Waals surface area (Å²) in [5.41, 5.74) is 1.02. The number of carbonyl (C=O) groups is 1. The summed E-state index contributed by atoms with van der Waals surface area (Å²) in [5.74, 6) is -0.236. The molecule has 156 valence electrons. The third-order valence-electron chi connectivity index (χ3n) is 4.81. The fraction of sp³-hybridized carbons (Fsp3) is 0.381. The van der Waals surface area contributed by atoms with Crippen LogP contribution in [0.2, 0.25) is 0 Å². The molecule has 1 saturated heterocycles. The molecule has 1 aliphatic heterocycles. The third-order valence-corrected chi connectivity index (χ3v) is 4.81. The highest BCUT2D eigenvalue weighted by molar-refractivity contribution is 5.98. The number of aromatic hydroxyl groups is 2. The minimum atomic E-state index is -1.31. The van der Waals surface area contributed by atoms with Crippen LogP contribution in [-0.4, -0.2) is 62.5 Å². The monoisotopic (exact) mass is 404 g/mol. The van der Waals surface area contributed by atoms with Crippen molar-refractivity contribution in [2.24, 2.45) is 0 Å². The zero-order valence-electron chi connectivity index (χ0n) is 15.6. The molecule has 8 nitrogen and oxygen atoms in total. The fourth-order valence-electron chi connectivity index (χ4n) is 3.14. The molecule has 0 aliphatic carbocycles. The van der Waals surface area contributed by atoms with Crippen molar-refractivity contribution in [3.8, 4) is 17.2 Å². The number of ketones is 1. The first-order valence-electron chi connectivity index (χ1n) is 9.30. The molecular formula is C21H24O8. The summed E-state index contributed by atoms with van der Waals surface area (Å²) in [6.07, 6.45) is -3.60. The molecule has 2 aromatic rings. The molecule has 1 fully saturated rings. The summed E-state index contributed by atoms with van der Waals surface area (Å²) in [4.78, 5) is 12.4. The molecule has 4 atom stereocenters. The molecule has 2 unspecified atom stereocenters. The molecule has 0 saturated carbocycles. The van der Waals surface area contributed by atoms with E-state index in [1.165, 1.54) is 18.2 Å². The molecule has 2 aromatic carbocycles. The quantitative estimate of drug-likeness (QED) is 0.433. The molecule has 0 aromatic heterocycles. The highest BCUT2D eigenvalue weighted by Crippen LogP contribution is 2.29. The number of carbonyl (C=O) groups excluding carboxylic acids is 1. The van der Waals surface area contributed by atoms with Crippen LogP contribution >= 0.6 is 0 Å². The van der Waals surface area contributed by atoms with Crippen LogP contribution in [0.15, 0.2) is 42.5 Å². The number of hydrogen-bond donors (Lipinski definition) is 5. The number of Topliss-reactive ketones (excluding diaryl/α,β-unsaturated/α-hetero) is 1. The van der Waals surface area contributed by atoms with Crippen molar-refractivity contribution < 1.29 is 39.8 Å². The first kappa shape index (κ1) is 21.1. The molecule has 5 N–H and O–H groups in total. The van der Waals surface area contributed by atoms with Crippen LogP contribution in [-0.2, 0) is 11.2 Å². The Bertz CT molecular complexity index is 835. The Labute approximate surface area is 167 Å². The first-order chi connectivity index (χ1) is 13.9.